The van der Waals surface area contributed by atoms with Gasteiger partial charge in [-0.05, 0) is 42.3 Å². The van der Waals surface area contributed by atoms with Gasteiger partial charge in [0, 0.05) is 17.6 Å². The van der Waals surface area contributed by atoms with Gasteiger partial charge < -0.3 is 14.8 Å². The summed E-state index contributed by atoms with van der Waals surface area (Å²) < 4.78 is 10.7. The molecule has 1 heterocycles. The van der Waals surface area contributed by atoms with Gasteiger partial charge in [-0.2, -0.15) is 0 Å². The maximum absolute atomic E-state index is 5.90. The summed E-state index contributed by atoms with van der Waals surface area (Å²) in [6, 6.07) is 14.2. The Hall–Kier alpha value is -1.71. The molecule has 20 heavy (non-hydrogen) atoms. The summed E-state index contributed by atoms with van der Waals surface area (Å²) in [4.78, 5) is 0. The van der Waals surface area contributed by atoms with Gasteiger partial charge in [-0.1, -0.05) is 29.8 Å². The average Bonchev–Trinajstić information content (AvgIpc) is 2.93. The van der Waals surface area contributed by atoms with Gasteiger partial charge in [0.05, 0.1) is 0 Å². The summed E-state index contributed by atoms with van der Waals surface area (Å²) in [5, 5.41) is 4.25. The van der Waals surface area contributed by atoms with Gasteiger partial charge in [0.1, 0.15) is 0 Å². The molecule has 3 nitrogen and oxygen atoms in total. The van der Waals surface area contributed by atoms with E-state index in [1.54, 1.807) is 0 Å². The molecule has 1 unspecified atom stereocenters. The first-order valence-corrected chi connectivity index (χ1v) is 6.97. The second kappa shape index (κ2) is 5.73. The van der Waals surface area contributed by atoms with Crippen LogP contribution >= 0.6 is 11.6 Å². The van der Waals surface area contributed by atoms with Crippen molar-refractivity contribution >= 4 is 11.6 Å². The molecule has 2 aromatic carbocycles. The highest BCUT2D eigenvalue weighted by Gasteiger charge is 2.13. The Morgan fingerprint density at radius 3 is 2.65 bits per heavy atom. The third-order valence-electron chi connectivity index (χ3n) is 3.42. The Morgan fingerprint density at radius 1 is 1.10 bits per heavy atom. The summed E-state index contributed by atoms with van der Waals surface area (Å²) in [5.74, 6) is 1.64. The Labute approximate surface area is 123 Å². The minimum Gasteiger partial charge on any atom is -0.454 e. The number of halogens is 1. The molecule has 0 aromatic heterocycles. The minimum absolute atomic E-state index is 0.262. The van der Waals surface area contributed by atoms with Crippen LogP contribution in [-0.4, -0.2) is 6.79 Å². The molecule has 1 atom stereocenters. The van der Waals surface area contributed by atoms with E-state index in [1.165, 1.54) is 11.1 Å². The number of fused-ring (bicyclic) bond motifs is 1. The minimum atomic E-state index is 0.262. The molecule has 1 aliphatic heterocycles. The first-order valence-electron chi connectivity index (χ1n) is 6.60. The first-order chi connectivity index (χ1) is 9.72. The van der Waals surface area contributed by atoms with E-state index in [2.05, 4.69) is 18.3 Å². The molecule has 0 aliphatic carbocycles. The fourth-order valence-corrected chi connectivity index (χ4v) is 2.32. The lowest BCUT2D eigenvalue weighted by molar-refractivity contribution is 0.174. The number of rotatable bonds is 4. The maximum atomic E-state index is 5.90. The van der Waals surface area contributed by atoms with Gasteiger partial charge >= 0.3 is 0 Å². The third kappa shape index (κ3) is 2.89. The van der Waals surface area contributed by atoms with Crippen molar-refractivity contribution in [3.05, 3.63) is 58.6 Å². The van der Waals surface area contributed by atoms with Crippen LogP contribution in [0.2, 0.25) is 5.02 Å². The fourth-order valence-electron chi connectivity index (χ4n) is 2.19. The second-order valence-corrected chi connectivity index (χ2v) is 5.28. The summed E-state index contributed by atoms with van der Waals surface area (Å²) in [6.07, 6.45) is 0. The predicted octanol–water partition coefficient (Wildman–Crippen LogP) is 3.92. The number of nitrogens with one attached hydrogen (secondary N) is 1. The number of hydrogen-bond donors (Lipinski definition) is 1. The lowest BCUT2D eigenvalue weighted by Gasteiger charge is -2.14. The van der Waals surface area contributed by atoms with Crippen molar-refractivity contribution in [1.82, 2.24) is 5.32 Å². The van der Waals surface area contributed by atoms with E-state index in [4.69, 9.17) is 21.1 Å². The van der Waals surface area contributed by atoms with Crippen molar-refractivity contribution < 1.29 is 9.47 Å². The molecule has 0 bridgehead atoms. The monoisotopic (exact) mass is 289 g/mol. The van der Waals surface area contributed by atoms with Gasteiger partial charge in [0.2, 0.25) is 6.79 Å². The summed E-state index contributed by atoms with van der Waals surface area (Å²) in [5.41, 5.74) is 2.39. The molecule has 0 radical (unpaired) electrons. The molecule has 4 heteroatoms. The molecular formula is C16H16ClNO2. The van der Waals surface area contributed by atoms with Gasteiger partial charge in [-0.25, -0.2) is 0 Å². The molecule has 1 N–H and O–H groups in total. The van der Waals surface area contributed by atoms with Crippen LogP contribution in [0.4, 0.5) is 0 Å². The summed E-state index contributed by atoms with van der Waals surface area (Å²) >= 11 is 5.90. The van der Waals surface area contributed by atoms with Crippen molar-refractivity contribution in [3.8, 4) is 11.5 Å². The molecule has 0 fully saturated rings. The zero-order chi connectivity index (χ0) is 13.9. The standard InChI is InChI=1S/C16H16ClNO2/c1-11(13-3-5-14(17)6-4-13)18-9-12-2-7-15-16(8-12)20-10-19-15/h2-8,11,18H,9-10H2,1H3. The van der Waals surface area contributed by atoms with Crippen molar-refractivity contribution in [1.29, 1.82) is 0 Å². The van der Waals surface area contributed by atoms with Gasteiger partial charge in [0.15, 0.2) is 11.5 Å². The van der Waals surface area contributed by atoms with E-state index < -0.39 is 0 Å². The molecule has 2 aromatic rings. The van der Waals surface area contributed by atoms with Crippen molar-refractivity contribution in [3.63, 3.8) is 0 Å². The summed E-state index contributed by atoms with van der Waals surface area (Å²) in [6.45, 7) is 3.23. The van der Waals surface area contributed by atoms with Gasteiger partial charge in [0.25, 0.3) is 0 Å². The zero-order valence-corrected chi connectivity index (χ0v) is 12.0. The van der Waals surface area contributed by atoms with Crippen LogP contribution in [0.15, 0.2) is 42.5 Å². The Kier molecular flexibility index (Phi) is 3.81. The third-order valence-corrected chi connectivity index (χ3v) is 3.67. The van der Waals surface area contributed by atoms with E-state index in [9.17, 15) is 0 Å². The molecular weight excluding hydrogens is 274 g/mol. The Bertz CT molecular complexity index is 598. The number of benzene rings is 2. The topological polar surface area (TPSA) is 30.5 Å². The zero-order valence-electron chi connectivity index (χ0n) is 11.2. The normalized spacial score (nSPS) is 14.3. The molecule has 3 rings (SSSR count). The van der Waals surface area contributed by atoms with Crippen LogP contribution in [0.5, 0.6) is 11.5 Å². The SMILES string of the molecule is CC(NCc1ccc2c(c1)OCO2)c1ccc(Cl)cc1. The number of hydrogen-bond acceptors (Lipinski definition) is 3. The quantitative estimate of drug-likeness (QED) is 0.925. The molecule has 104 valence electrons. The van der Waals surface area contributed by atoms with Crippen LogP contribution in [0.1, 0.15) is 24.1 Å². The fraction of sp³-hybridized carbons (Fsp3) is 0.250. The van der Waals surface area contributed by atoms with Crippen LogP contribution in [0.25, 0.3) is 0 Å². The maximum Gasteiger partial charge on any atom is 0.231 e. The highest BCUT2D eigenvalue weighted by molar-refractivity contribution is 6.30. The van der Waals surface area contributed by atoms with E-state index in [-0.39, 0.29) is 6.04 Å². The van der Waals surface area contributed by atoms with Crippen molar-refractivity contribution in [2.75, 3.05) is 6.79 Å². The first kappa shape index (κ1) is 13.3. The van der Waals surface area contributed by atoms with Gasteiger partial charge in [-0.15, -0.1) is 0 Å². The molecule has 0 spiro atoms. The lowest BCUT2D eigenvalue weighted by atomic mass is 10.1. The van der Waals surface area contributed by atoms with E-state index >= 15 is 0 Å². The van der Waals surface area contributed by atoms with Crippen LogP contribution in [-0.2, 0) is 6.54 Å². The van der Waals surface area contributed by atoms with Crippen LogP contribution in [0.3, 0.4) is 0 Å². The average molecular weight is 290 g/mol. The predicted molar refractivity (Wildman–Crippen MR) is 79.3 cm³/mol. The van der Waals surface area contributed by atoms with Gasteiger partial charge in [-0.3, -0.25) is 0 Å². The smallest absolute Gasteiger partial charge is 0.231 e. The van der Waals surface area contributed by atoms with E-state index in [1.807, 2.05) is 36.4 Å². The highest BCUT2D eigenvalue weighted by atomic mass is 35.5. The lowest BCUT2D eigenvalue weighted by Crippen LogP contribution is -2.17. The molecule has 0 saturated carbocycles. The van der Waals surface area contributed by atoms with E-state index in [0.717, 1.165) is 23.1 Å². The van der Waals surface area contributed by atoms with Crippen LogP contribution < -0.4 is 14.8 Å². The van der Waals surface area contributed by atoms with Crippen molar-refractivity contribution in [2.45, 2.75) is 19.5 Å². The highest BCUT2D eigenvalue weighted by Crippen LogP contribution is 2.32. The van der Waals surface area contributed by atoms with Crippen molar-refractivity contribution in [2.24, 2.45) is 0 Å². The van der Waals surface area contributed by atoms with E-state index in [0.29, 0.717) is 6.79 Å². The summed E-state index contributed by atoms with van der Waals surface area (Å²) in [7, 11) is 0. The Balaban J connectivity index is 1.63. The van der Waals surface area contributed by atoms with Crippen LogP contribution in [0, 0.1) is 0 Å². The molecule has 1 aliphatic rings. The second-order valence-electron chi connectivity index (χ2n) is 4.84. The Morgan fingerprint density at radius 2 is 1.85 bits per heavy atom. The number of ether oxygens (including phenoxy) is 2. The largest absolute Gasteiger partial charge is 0.454 e. The molecule has 0 saturated heterocycles. The molecule has 0 amide bonds.